The van der Waals surface area contributed by atoms with Crippen LogP contribution in [0.15, 0.2) is 0 Å². The molecule has 6 nitrogen and oxygen atoms in total. The van der Waals surface area contributed by atoms with Crippen molar-refractivity contribution >= 4 is 5.91 Å². The lowest BCUT2D eigenvalue weighted by molar-refractivity contribution is -0.144. The van der Waals surface area contributed by atoms with E-state index >= 15 is 0 Å². The largest absolute Gasteiger partial charge is 0.382 e. The second-order valence-electron chi connectivity index (χ2n) is 4.92. The van der Waals surface area contributed by atoms with Crippen molar-refractivity contribution in [3.63, 3.8) is 0 Å². The molecule has 0 bridgehead atoms. The predicted octanol–water partition coefficient (Wildman–Crippen LogP) is 1.68. The van der Waals surface area contributed by atoms with Crippen LogP contribution in [0.4, 0.5) is 0 Å². The zero-order valence-corrected chi connectivity index (χ0v) is 13.9. The molecule has 0 N–H and O–H groups in total. The van der Waals surface area contributed by atoms with Crippen LogP contribution in [-0.4, -0.2) is 71.3 Å². The molecule has 0 aromatic carbocycles. The van der Waals surface area contributed by atoms with Crippen molar-refractivity contribution in [1.82, 2.24) is 4.90 Å². The molecular weight excluding hydrogens is 274 g/mol. The Hall–Kier alpha value is -0.690. The van der Waals surface area contributed by atoms with Gasteiger partial charge in [0.15, 0.2) is 6.29 Å². The van der Waals surface area contributed by atoms with E-state index in [0.717, 1.165) is 19.4 Å². The van der Waals surface area contributed by atoms with E-state index in [1.165, 1.54) is 12.8 Å². The number of amides is 1. The Morgan fingerprint density at radius 2 is 1.57 bits per heavy atom. The van der Waals surface area contributed by atoms with Gasteiger partial charge in [0.1, 0.15) is 0 Å². The van der Waals surface area contributed by atoms with Crippen LogP contribution in [0, 0.1) is 0 Å². The average Bonchev–Trinajstić information content (AvgIpc) is 2.65. The van der Waals surface area contributed by atoms with Gasteiger partial charge in [-0.15, -0.1) is 0 Å². The monoisotopic (exact) mass is 305 g/mol. The molecule has 0 spiro atoms. The van der Waals surface area contributed by atoms with Crippen molar-refractivity contribution in [3.8, 4) is 0 Å². The van der Waals surface area contributed by atoms with Gasteiger partial charge in [-0.3, -0.25) is 4.79 Å². The Balaban J connectivity index is 0.000000394. The number of hydrogen-bond donors (Lipinski definition) is 0. The minimum Gasteiger partial charge on any atom is -0.382 e. The van der Waals surface area contributed by atoms with Crippen molar-refractivity contribution in [2.24, 2.45) is 0 Å². The first-order chi connectivity index (χ1) is 10.1. The van der Waals surface area contributed by atoms with Gasteiger partial charge < -0.3 is 23.8 Å². The fourth-order valence-corrected chi connectivity index (χ4v) is 1.76. The summed E-state index contributed by atoms with van der Waals surface area (Å²) in [6.07, 6.45) is 4.06. The van der Waals surface area contributed by atoms with Crippen molar-refractivity contribution < 1.29 is 23.7 Å². The molecule has 1 fully saturated rings. The second kappa shape index (κ2) is 14.3. The fraction of sp³-hybridized carbons (Fsp3) is 0.933. The third-order valence-electron chi connectivity index (χ3n) is 3.09. The van der Waals surface area contributed by atoms with Gasteiger partial charge in [-0.05, 0) is 19.8 Å². The first-order valence-electron chi connectivity index (χ1n) is 7.56. The van der Waals surface area contributed by atoms with Crippen LogP contribution >= 0.6 is 0 Å². The highest BCUT2D eigenvalue weighted by atomic mass is 16.7. The van der Waals surface area contributed by atoms with Crippen LogP contribution in [0.25, 0.3) is 0 Å². The first-order valence-corrected chi connectivity index (χ1v) is 7.56. The number of carbonyl (C=O) groups excluding carboxylic acids is 1. The van der Waals surface area contributed by atoms with Gasteiger partial charge in [-0.2, -0.15) is 0 Å². The molecule has 0 saturated carbocycles. The van der Waals surface area contributed by atoms with E-state index < -0.39 is 0 Å². The lowest BCUT2D eigenvalue weighted by atomic mass is 10.2. The molecule has 1 aliphatic heterocycles. The molecule has 0 radical (unpaired) electrons. The summed E-state index contributed by atoms with van der Waals surface area (Å²) in [7, 11) is 5.16. The zero-order chi connectivity index (χ0) is 15.9. The normalized spacial score (nSPS) is 15.7. The van der Waals surface area contributed by atoms with E-state index in [2.05, 4.69) is 0 Å². The number of methoxy groups -OCH3 is 2. The maximum atomic E-state index is 10.9. The number of rotatable bonds is 8. The highest BCUT2D eigenvalue weighted by Crippen LogP contribution is 2.08. The molecule has 126 valence electrons. The maximum absolute atomic E-state index is 10.9. The molecular formula is C15H31NO5. The average molecular weight is 305 g/mol. The van der Waals surface area contributed by atoms with Crippen molar-refractivity contribution in [2.75, 3.05) is 54.2 Å². The third-order valence-corrected chi connectivity index (χ3v) is 3.09. The highest BCUT2D eigenvalue weighted by molar-refractivity contribution is 5.75. The van der Waals surface area contributed by atoms with E-state index in [1.54, 1.807) is 14.2 Å². The summed E-state index contributed by atoms with van der Waals surface area (Å²) in [5.74, 6) is 0.313. The molecule has 0 atom stereocenters. The predicted molar refractivity (Wildman–Crippen MR) is 81.2 cm³/mol. The number of ether oxygens (including phenoxy) is 4. The van der Waals surface area contributed by atoms with Gasteiger partial charge in [0, 0.05) is 34.2 Å². The Morgan fingerprint density at radius 1 is 1.00 bits per heavy atom. The Morgan fingerprint density at radius 3 is 2.10 bits per heavy atom. The Bertz CT molecular complexity index is 240. The summed E-state index contributed by atoms with van der Waals surface area (Å²) in [4.78, 5) is 12.8. The fourth-order valence-electron chi connectivity index (χ4n) is 1.76. The molecule has 1 aliphatic rings. The van der Waals surface area contributed by atoms with Gasteiger partial charge in [0.25, 0.3) is 0 Å². The van der Waals surface area contributed by atoms with Crippen LogP contribution in [-0.2, 0) is 23.7 Å². The lowest BCUT2D eigenvalue weighted by Gasteiger charge is -2.13. The highest BCUT2D eigenvalue weighted by Gasteiger charge is 2.10. The number of hydrogen-bond acceptors (Lipinski definition) is 5. The molecule has 1 amide bonds. The van der Waals surface area contributed by atoms with E-state index in [4.69, 9.17) is 18.9 Å². The quantitative estimate of drug-likeness (QED) is 0.504. The topological polar surface area (TPSA) is 57.2 Å². The molecule has 1 heterocycles. The first kappa shape index (κ1) is 20.3. The molecule has 0 unspecified atom stereocenters. The summed E-state index contributed by atoms with van der Waals surface area (Å²) in [6, 6.07) is 0. The van der Waals surface area contributed by atoms with Crippen molar-refractivity contribution in [3.05, 3.63) is 0 Å². The summed E-state index contributed by atoms with van der Waals surface area (Å²) >= 11 is 0. The van der Waals surface area contributed by atoms with Crippen LogP contribution in [0.3, 0.4) is 0 Å². The van der Waals surface area contributed by atoms with Gasteiger partial charge in [-0.25, -0.2) is 0 Å². The minimum atomic E-state index is -0.185. The van der Waals surface area contributed by atoms with Crippen LogP contribution < -0.4 is 0 Å². The smallest absolute Gasteiger partial charge is 0.222 e. The summed E-state index contributed by atoms with van der Waals surface area (Å²) in [5.41, 5.74) is 0. The van der Waals surface area contributed by atoms with Crippen molar-refractivity contribution in [1.29, 1.82) is 0 Å². The molecule has 21 heavy (non-hydrogen) atoms. The van der Waals surface area contributed by atoms with Gasteiger partial charge >= 0.3 is 0 Å². The lowest BCUT2D eigenvalue weighted by Crippen LogP contribution is -2.25. The summed E-state index contributed by atoms with van der Waals surface area (Å²) < 4.78 is 20.1. The van der Waals surface area contributed by atoms with Gasteiger partial charge in [0.2, 0.25) is 5.91 Å². The Labute approximate surface area is 128 Å². The number of carbonyl (C=O) groups is 1. The zero-order valence-electron chi connectivity index (χ0n) is 13.9. The standard InChI is InChI=1S/C8H18O4.C7H13NO/c1-8(11-6-4-9-2)12-7-5-10-3;1-8-6-4-2-3-5-7(8)9/h8H,4-7H2,1-3H3;2-6H2,1H3. The van der Waals surface area contributed by atoms with E-state index in [9.17, 15) is 4.79 Å². The molecule has 0 aliphatic carbocycles. The summed E-state index contributed by atoms with van der Waals surface area (Å²) in [5, 5.41) is 0. The molecule has 1 rings (SSSR count). The maximum Gasteiger partial charge on any atom is 0.222 e. The van der Waals surface area contributed by atoms with Gasteiger partial charge in [0.05, 0.1) is 26.4 Å². The SMILES string of the molecule is CN1CCCCCC1=O.COCCOC(C)OCCOC. The van der Waals surface area contributed by atoms with Crippen LogP contribution in [0.2, 0.25) is 0 Å². The van der Waals surface area contributed by atoms with E-state index in [0.29, 0.717) is 32.3 Å². The van der Waals surface area contributed by atoms with Crippen molar-refractivity contribution in [2.45, 2.75) is 38.9 Å². The third kappa shape index (κ3) is 12.7. The molecule has 6 heteroatoms. The van der Waals surface area contributed by atoms with Crippen LogP contribution in [0.5, 0.6) is 0 Å². The minimum absolute atomic E-state index is 0.185. The molecule has 0 aromatic rings. The van der Waals surface area contributed by atoms with E-state index in [-0.39, 0.29) is 6.29 Å². The summed E-state index contributed by atoms with van der Waals surface area (Å²) in [6.45, 7) is 5.12. The second-order valence-corrected chi connectivity index (χ2v) is 4.92. The number of likely N-dealkylation sites (tertiary alicyclic amines) is 1. The molecule has 0 aromatic heterocycles. The van der Waals surface area contributed by atoms with Gasteiger partial charge in [-0.1, -0.05) is 6.42 Å². The Kier molecular flexibility index (Phi) is 13.8. The number of nitrogens with zero attached hydrogens (tertiary/aromatic N) is 1. The molecule has 1 saturated heterocycles. The van der Waals surface area contributed by atoms with Crippen LogP contribution in [0.1, 0.15) is 32.6 Å². The van der Waals surface area contributed by atoms with E-state index in [1.807, 2.05) is 18.9 Å².